The highest BCUT2D eigenvalue weighted by molar-refractivity contribution is 6.02. The molecule has 0 aliphatic carbocycles. The van der Waals surface area contributed by atoms with Gasteiger partial charge in [0, 0.05) is 49.2 Å². The third-order valence-corrected chi connectivity index (χ3v) is 6.23. The fourth-order valence-electron chi connectivity index (χ4n) is 4.28. The summed E-state index contributed by atoms with van der Waals surface area (Å²) in [5.74, 6) is 0.144. The molecule has 0 bridgehead atoms. The zero-order chi connectivity index (χ0) is 23.1. The van der Waals surface area contributed by atoms with Crippen molar-refractivity contribution in [3.63, 3.8) is 0 Å². The molecular weight excluding hydrogens is 394 g/mol. The highest BCUT2D eigenvalue weighted by Gasteiger charge is 2.25. The van der Waals surface area contributed by atoms with Gasteiger partial charge in [-0.2, -0.15) is 0 Å². The predicted molar refractivity (Wildman–Crippen MR) is 138 cm³/mol. The molecule has 4 heteroatoms. The maximum absolute atomic E-state index is 12.8. The van der Waals surface area contributed by atoms with Crippen molar-refractivity contribution in [1.82, 2.24) is 5.32 Å². The standard InChI is InChI=1S/C28H37N3O/c1-6-30(7-2)25-14-10-22(11-15-25)19-24-18-21(5)28(32)27(29-24)20-23-12-16-26(17-13-23)31(8-3)9-4/h10-17,19-21,29H,6-9,18H2,1-5H3. The Morgan fingerprint density at radius 2 is 1.22 bits per heavy atom. The number of piperidine rings is 1. The number of nitrogens with one attached hydrogen (secondary N) is 1. The molecule has 1 saturated heterocycles. The smallest absolute Gasteiger partial charge is 0.182 e. The first-order valence-corrected chi connectivity index (χ1v) is 11.9. The zero-order valence-corrected chi connectivity index (χ0v) is 20.2. The minimum atomic E-state index is -0.0290. The Kier molecular flexibility index (Phi) is 8.15. The summed E-state index contributed by atoms with van der Waals surface area (Å²) in [7, 11) is 0. The molecule has 0 radical (unpaired) electrons. The Bertz CT molecular complexity index is 949. The molecule has 4 nitrogen and oxygen atoms in total. The SMILES string of the molecule is CCN(CC)c1ccc(C=C2CC(C)C(=O)C(=Cc3ccc(N(CC)CC)cc3)N2)cc1. The molecule has 1 heterocycles. The van der Waals surface area contributed by atoms with Crippen LogP contribution < -0.4 is 15.1 Å². The molecular formula is C28H37N3O. The van der Waals surface area contributed by atoms with Crippen LogP contribution in [0.4, 0.5) is 11.4 Å². The number of allylic oxidation sites excluding steroid dienone is 2. The Morgan fingerprint density at radius 1 is 0.781 bits per heavy atom. The fraction of sp³-hybridized carbons (Fsp3) is 0.393. The lowest BCUT2D eigenvalue weighted by Gasteiger charge is -2.25. The molecule has 1 aliphatic heterocycles. The molecule has 0 spiro atoms. The highest BCUT2D eigenvalue weighted by atomic mass is 16.1. The second-order valence-corrected chi connectivity index (χ2v) is 8.35. The monoisotopic (exact) mass is 431 g/mol. The maximum Gasteiger partial charge on any atom is 0.182 e. The molecule has 0 aromatic heterocycles. The van der Waals surface area contributed by atoms with Gasteiger partial charge in [0.25, 0.3) is 0 Å². The first kappa shape index (κ1) is 23.6. The van der Waals surface area contributed by atoms with Crippen LogP contribution in [0, 0.1) is 5.92 Å². The predicted octanol–water partition coefficient (Wildman–Crippen LogP) is 5.96. The van der Waals surface area contributed by atoms with Gasteiger partial charge in [-0.05, 0) is 81.7 Å². The largest absolute Gasteiger partial charge is 0.372 e. The third kappa shape index (κ3) is 5.61. The first-order chi connectivity index (χ1) is 15.5. The Hall–Kier alpha value is -3.01. The van der Waals surface area contributed by atoms with Gasteiger partial charge in [-0.1, -0.05) is 31.2 Å². The summed E-state index contributed by atoms with van der Waals surface area (Å²) in [5, 5.41) is 3.40. The summed E-state index contributed by atoms with van der Waals surface area (Å²) in [5.41, 5.74) is 6.39. The molecule has 2 aromatic rings. The number of nitrogens with zero attached hydrogens (tertiary/aromatic N) is 2. The maximum atomic E-state index is 12.8. The molecule has 1 atom stereocenters. The number of rotatable bonds is 8. The van der Waals surface area contributed by atoms with E-state index in [4.69, 9.17) is 0 Å². The lowest BCUT2D eigenvalue weighted by Crippen LogP contribution is -2.31. The molecule has 1 N–H and O–H groups in total. The Labute approximate surface area is 193 Å². The van der Waals surface area contributed by atoms with Crippen LogP contribution in [0.1, 0.15) is 52.2 Å². The van der Waals surface area contributed by atoms with Crippen molar-refractivity contribution < 1.29 is 4.79 Å². The second kappa shape index (κ2) is 11.0. The van der Waals surface area contributed by atoms with E-state index in [1.54, 1.807) is 0 Å². The van der Waals surface area contributed by atoms with Crippen LogP contribution in [-0.4, -0.2) is 32.0 Å². The van der Waals surface area contributed by atoms with E-state index in [2.05, 4.69) is 97.4 Å². The summed E-state index contributed by atoms with van der Waals surface area (Å²) >= 11 is 0. The molecule has 3 rings (SSSR count). The number of benzene rings is 2. The molecule has 32 heavy (non-hydrogen) atoms. The molecule has 170 valence electrons. The van der Waals surface area contributed by atoms with E-state index in [-0.39, 0.29) is 11.7 Å². The zero-order valence-electron chi connectivity index (χ0n) is 20.2. The van der Waals surface area contributed by atoms with Crippen LogP contribution in [0.2, 0.25) is 0 Å². The van der Waals surface area contributed by atoms with Crippen molar-refractivity contribution in [3.05, 3.63) is 71.1 Å². The van der Waals surface area contributed by atoms with E-state index in [9.17, 15) is 4.79 Å². The number of hydrogen-bond acceptors (Lipinski definition) is 4. The van der Waals surface area contributed by atoms with Crippen LogP contribution in [0.15, 0.2) is 59.9 Å². The topological polar surface area (TPSA) is 35.6 Å². The van der Waals surface area contributed by atoms with E-state index < -0.39 is 0 Å². The first-order valence-electron chi connectivity index (χ1n) is 11.9. The van der Waals surface area contributed by atoms with E-state index in [1.807, 2.05) is 13.0 Å². The molecule has 1 unspecified atom stereocenters. The van der Waals surface area contributed by atoms with E-state index in [0.29, 0.717) is 5.70 Å². The lowest BCUT2D eigenvalue weighted by atomic mass is 9.92. The molecule has 1 fully saturated rings. The van der Waals surface area contributed by atoms with Crippen LogP contribution in [0.3, 0.4) is 0 Å². The van der Waals surface area contributed by atoms with Gasteiger partial charge in [0.2, 0.25) is 0 Å². The Morgan fingerprint density at radius 3 is 1.66 bits per heavy atom. The summed E-state index contributed by atoms with van der Waals surface area (Å²) < 4.78 is 0. The minimum Gasteiger partial charge on any atom is -0.372 e. The average molecular weight is 432 g/mol. The van der Waals surface area contributed by atoms with Crippen LogP contribution >= 0.6 is 0 Å². The normalized spacial score (nSPS) is 18.7. The highest BCUT2D eigenvalue weighted by Crippen LogP contribution is 2.26. The average Bonchev–Trinajstić information content (AvgIpc) is 2.81. The fourth-order valence-corrected chi connectivity index (χ4v) is 4.28. The molecule has 2 aromatic carbocycles. The van der Waals surface area contributed by atoms with Gasteiger partial charge >= 0.3 is 0 Å². The number of hydrogen-bond donors (Lipinski definition) is 1. The van der Waals surface area contributed by atoms with Gasteiger partial charge in [0.05, 0.1) is 5.70 Å². The third-order valence-electron chi connectivity index (χ3n) is 6.23. The number of ketones is 1. The second-order valence-electron chi connectivity index (χ2n) is 8.35. The summed E-state index contributed by atoms with van der Waals surface area (Å²) in [6.45, 7) is 14.7. The molecule has 0 amide bonds. The van der Waals surface area contributed by atoms with Crippen LogP contribution in [-0.2, 0) is 4.79 Å². The Balaban J connectivity index is 1.79. The summed E-state index contributed by atoms with van der Waals surface area (Å²) in [6.07, 6.45) is 4.86. The number of anilines is 2. The van der Waals surface area contributed by atoms with Crippen molar-refractivity contribution in [2.24, 2.45) is 5.92 Å². The van der Waals surface area contributed by atoms with Gasteiger partial charge < -0.3 is 15.1 Å². The van der Waals surface area contributed by atoms with Crippen molar-refractivity contribution >= 4 is 29.3 Å². The van der Waals surface area contributed by atoms with Crippen LogP contribution in [0.5, 0.6) is 0 Å². The van der Waals surface area contributed by atoms with Gasteiger partial charge in [-0.15, -0.1) is 0 Å². The molecule has 0 saturated carbocycles. The van der Waals surface area contributed by atoms with Crippen molar-refractivity contribution in [3.8, 4) is 0 Å². The quantitative estimate of drug-likeness (QED) is 0.523. The minimum absolute atomic E-state index is 0.0290. The van der Waals surface area contributed by atoms with Crippen LogP contribution in [0.25, 0.3) is 12.2 Å². The number of carbonyl (C=O) groups excluding carboxylic acids is 1. The number of Topliss-reactive ketones (excluding diaryl/α,β-unsaturated/α-hetero) is 1. The van der Waals surface area contributed by atoms with Gasteiger partial charge in [-0.25, -0.2) is 0 Å². The number of carbonyl (C=O) groups is 1. The van der Waals surface area contributed by atoms with E-state index in [0.717, 1.165) is 49.4 Å². The summed E-state index contributed by atoms with van der Waals surface area (Å²) in [4.78, 5) is 17.5. The van der Waals surface area contributed by atoms with Gasteiger partial charge in [0.15, 0.2) is 5.78 Å². The molecule has 1 aliphatic rings. The lowest BCUT2D eigenvalue weighted by molar-refractivity contribution is -0.119. The van der Waals surface area contributed by atoms with E-state index >= 15 is 0 Å². The van der Waals surface area contributed by atoms with Crippen molar-refractivity contribution in [1.29, 1.82) is 0 Å². The van der Waals surface area contributed by atoms with Crippen molar-refractivity contribution in [2.45, 2.75) is 41.0 Å². The van der Waals surface area contributed by atoms with Crippen molar-refractivity contribution in [2.75, 3.05) is 36.0 Å². The van der Waals surface area contributed by atoms with Gasteiger partial charge in [0.1, 0.15) is 0 Å². The summed E-state index contributed by atoms with van der Waals surface area (Å²) in [6, 6.07) is 17.1. The van der Waals surface area contributed by atoms with Gasteiger partial charge in [-0.3, -0.25) is 4.79 Å². The van der Waals surface area contributed by atoms with E-state index in [1.165, 1.54) is 11.4 Å².